The van der Waals surface area contributed by atoms with Gasteiger partial charge in [-0.05, 0) is 19.1 Å². The van der Waals surface area contributed by atoms with Crippen LogP contribution in [0.2, 0.25) is 0 Å². The first kappa shape index (κ1) is 18.2. The minimum absolute atomic E-state index is 0.00135. The molecule has 0 spiro atoms. The number of aromatic nitrogens is 1. The number of nitrogens with one attached hydrogen (secondary N) is 1. The fourth-order valence-corrected chi connectivity index (χ4v) is 3.30. The second-order valence-corrected chi connectivity index (χ2v) is 8.02. The molecule has 0 bridgehead atoms. The Balaban J connectivity index is 1.51. The standard InChI is InChI=1S/C17H21N3O5S/c1-2-26(22,23)19-14-3-4-16(18-11-14)25-15-5-8-20(9-6-15)17(21)13-7-10-24-12-13/h3-4,7,10-12,15,19H,2,5-6,8-9H2,1H3. The average molecular weight is 379 g/mol. The highest BCUT2D eigenvalue weighted by molar-refractivity contribution is 7.92. The maximum absolute atomic E-state index is 12.3. The number of sulfonamides is 1. The number of hydrogen-bond acceptors (Lipinski definition) is 6. The molecular formula is C17H21N3O5S. The second kappa shape index (κ2) is 7.77. The fourth-order valence-electron chi connectivity index (χ4n) is 2.68. The zero-order valence-electron chi connectivity index (χ0n) is 14.4. The van der Waals surface area contributed by atoms with Crippen LogP contribution in [-0.4, -0.2) is 49.2 Å². The van der Waals surface area contributed by atoms with Gasteiger partial charge < -0.3 is 14.1 Å². The number of carbonyl (C=O) groups is 1. The van der Waals surface area contributed by atoms with Gasteiger partial charge in [-0.3, -0.25) is 9.52 Å². The Labute approximate surface area is 152 Å². The number of nitrogens with zero attached hydrogens (tertiary/aromatic N) is 2. The van der Waals surface area contributed by atoms with E-state index in [1.165, 1.54) is 18.7 Å². The Bertz CT molecular complexity index is 826. The van der Waals surface area contributed by atoms with Crippen LogP contribution in [0.3, 0.4) is 0 Å². The van der Waals surface area contributed by atoms with Crippen molar-refractivity contribution in [1.82, 2.24) is 9.88 Å². The minimum Gasteiger partial charge on any atom is -0.474 e. The van der Waals surface area contributed by atoms with Crippen molar-refractivity contribution in [1.29, 1.82) is 0 Å². The first-order chi connectivity index (χ1) is 12.5. The lowest BCUT2D eigenvalue weighted by Crippen LogP contribution is -2.41. The summed E-state index contributed by atoms with van der Waals surface area (Å²) in [5.41, 5.74) is 0.955. The minimum atomic E-state index is -3.32. The number of carbonyl (C=O) groups excluding carboxylic acids is 1. The lowest BCUT2D eigenvalue weighted by atomic mass is 10.1. The SMILES string of the molecule is CCS(=O)(=O)Nc1ccc(OC2CCN(C(=O)c3ccoc3)CC2)nc1. The van der Waals surface area contributed by atoms with Gasteiger partial charge in [-0.25, -0.2) is 13.4 Å². The quantitative estimate of drug-likeness (QED) is 0.825. The molecule has 1 aliphatic heterocycles. The number of rotatable bonds is 6. The van der Waals surface area contributed by atoms with E-state index in [1.54, 1.807) is 30.0 Å². The molecule has 0 aliphatic carbocycles. The smallest absolute Gasteiger partial charge is 0.257 e. The largest absolute Gasteiger partial charge is 0.474 e. The maximum Gasteiger partial charge on any atom is 0.257 e. The van der Waals surface area contributed by atoms with Crippen molar-refractivity contribution >= 4 is 21.6 Å². The molecule has 9 heteroatoms. The van der Waals surface area contributed by atoms with Crippen LogP contribution in [0.5, 0.6) is 5.88 Å². The highest BCUT2D eigenvalue weighted by Gasteiger charge is 2.25. The van der Waals surface area contributed by atoms with Crippen LogP contribution < -0.4 is 9.46 Å². The normalized spacial score (nSPS) is 15.7. The van der Waals surface area contributed by atoms with Crippen molar-refractivity contribution in [3.63, 3.8) is 0 Å². The van der Waals surface area contributed by atoms with Gasteiger partial charge in [-0.15, -0.1) is 0 Å². The molecule has 1 fully saturated rings. The molecule has 3 heterocycles. The third-order valence-electron chi connectivity index (χ3n) is 4.17. The van der Waals surface area contributed by atoms with Crippen molar-refractivity contribution < 1.29 is 22.4 Å². The van der Waals surface area contributed by atoms with Crippen LogP contribution in [0.15, 0.2) is 41.3 Å². The van der Waals surface area contributed by atoms with Crippen LogP contribution in [0.4, 0.5) is 5.69 Å². The van der Waals surface area contributed by atoms with E-state index in [4.69, 9.17) is 9.15 Å². The molecule has 0 unspecified atom stereocenters. The molecule has 1 amide bonds. The Morgan fingerprint density at radius 2 is 2.12 bits per heavy atom. The molecule has 1 N–H and O–H groups in total. The van der Waals surface area contributed by atoms with Gasteiger partial charge in [0.2, 0.25) is 15.9 Å². The Morgan fingerprint density at radius 3 is 2.69 bits per heavy atom. The van der Waals surface area contributed by atoms with Crippen molar-refractivity contribution in [2.45, 2.75) is 25.9 Å². The molecule has 1 saturated heterocycles. The summed E-state index contributed by atoms with van der Waals surface area (Å²) >= 11 is 0. The lowest BCUT2D eigenvalue weighted by Gasteiger charge is -2.31. The predicted molar refractivity (Wildman–Crippen MR) is 95.6 cm³/mol. The van der Waals surface area contributed by atoms with Crippen LogP contribution in [0.1, 0.15) is 30.1 Å². The summed E-state index contributed by atoms with van der Waals surface area (Å²) < 4.78 is 36.3. The van der Waals surface area contributed by atoms with E-state index >= 15 is 0 Å². The van der Waals surface area contributed by atoms with Crippen molar-refractivity contribution in [3.05, 3.63) is 42.5 Å². The third-order valence-corrected chi connectivity index (χ3v) is 5.48. The molecule has 1 aliphatic rings. The molecule has 2 aromatic heterocycles. The molecule has 3 rings (SSSR count). The van der Waals surface area contributed by atoms with E-state index < -0.39 is 10.0 Å². The molecule has 0 aromatic carbocycles. The molecule has 26 heavy (non-hydrogen) atoms. The number of ether oxygens (including phenoxy) is 1. The Hall–Kier alpha value is -2.55. The van der Waals surface area contributed by atoms with E-state index in [2.05, 4.69) is 9.71 Å². The lowest BCUT2D eigenvalue weighted by molar-refractivity contribution is 0.0587. The highest BCUT2D eigenvalue weighted by atomic mass is 32.2. The van der Waals surface area contributed by atoms with Gasteiger partial charge in [0, 0.05) is 32.0 Å². The van der Waals surface area contributed by atoms with E-state index in [9.17, 15) is 13.2 Å². The zero-order chi connectivity index (χ0) is 18.6. The summed E-state index contributed by atoms with van der Waals surface area (Å²) in [6.07, 6.45) is 5.74. The first-order valence-electron chi connectivity index (χ1n) is 8.41. The van der Waals surface area contributed by atoms with Gasteiger partial charge >= 0.3 is 0 Å². The molecular weight excluding hydrogens is 358 g/mol. The van der Waals surface area contributed by atoms with Crippen LogP contribution in [0, 0.1) is 0 Å². The average Bonchev–Trinajstić information content (AvgIpc) is 3.18. The number of pyridine rings is 1. The molecule has 2 aromatic rings. The predicted octanol–water partition coefficient (Wildman–Crippen LogP) is 2.12. The summed E-state index contributed by atoms with van der Waals surface area (Å²) in [5, 5.41) is 0. The van der Waals surface area contributed by atoms with Gasteiger partial charge in [0.1, 0.15) is 12.4 Å². The second-order valence-electron chi connectivity index (χ2n) is 6.01. The third kappa shape index (κ3) is 4.54. The van der Waals surface area contributed by atoms with Gasteiger partial charge in [0.25, 0.3) is 5.91 Å². The van der Waals surface area contributed by atoms with E-state index in [1.807, 2.05) is 0 Å². The van der Waals surface area contributed by atoms with Gasteiger partial charge in [0.15, 0.2) is 0 Å². The summed E-state index contributed by atoms with van der Waals surface area (Å²) in [4.78, 5) is 18.2. The number of piperidine rings is 1. The number of amides is 1. The van der Waals surface area contributed by atoms with E-state index in [-0.39, 0.29) is 17.8 Å². The monoisotopic (exact) mass is 379 g/mol. The summed E-state index contributed by atoms with van der Waals surface area (Å²) in [6.45, 7) is 2.77. The van der Waals surface area contributed by atoms with Crippen LogP contribution >= 0.6 is 0 Å². The summed E-state index contributed by atoms with van der Waals surface area (Å²) in [5.74, 6) is 0.397. The van der Waals surface area contributed by atoms with Crippen LogP contribution in [-0.2, 0) is 10.0 Å². The van der Waals surface area contributed by atoms with Crippen molar-refractivity contribution in [3.8, 4) is 5.88 Å². The number of hydrogen-bond donors (Lipinski definition) is 1. The molecule has 8 nitrogen and oxygen atoms in total. The van der Waals surface area contributed by atoms with Gasteiger partial charge in [-0.1, -0.05) is 0 Å². The fraction of sp³-hybridized carbons (Fsp3) is 0.412. The first-order valence-corrected chi connectivity index (χ1v) is 10.1. The van der Waals surface area contributed by atoms with Crippen molar-refractivity contribution in [2.24, 2.45) is 0 Å². The van der Waals surface area contributed by atoms with Gasteiger partial charge in [-0.2, -0.15) is 0 Å². The van der Waals surface area contributed by atoms with E-state index in [0.29, 0.717) is 43.1 Å². The zero-order valence-corrected chi connectivity index (χ0v) is 15.2. The highest BCUT2D eigenvalue weighted by Crippen LogP contribution is 2.20. The van der Waals surface area contributed by atoms with Crippen molar-refractivity contribution in [2.75, 3.05) is 23.6 Å². The Morgan fingerprint density at radius 1 is 1.35 bits per heavy atom. The number of anilines is 1. The van der Waals surface area contributed by atoms with Gasteiger partial charge in [0.05, 0.1) is 29.5 Å². The molecule has 0 saturated carbocycles. The summed E-state index contributed by atoms with van der Waals surface area (Å²) in [7, 11) is -3.32. The number of likely N-dealkylation sites (tertiary alicyclic amines) is 1. The maximum atomic E-state index is 12.3. The van der Waals surface area contributed by atoms with Crippen LogP contribution in [0.25, 0.3) is 0 Å². The number of furan rings is 1. The van der Waals surface area contributed by atoms with E-state index in [0.717, 1.165) is 0 Å². The Kier molecular flexibility index (Phi) is 5.46. The topological polar surface area (TPSA) is 102 Å². The summed E-state index contributed by atoms with van der Waals surface area (Å²) in [6, 6.07) is 4.91. The molecule has 140 valence electrons. The molecule has 0 radical (unpaired) electrons. The molecule has 0 atom stereocenters.